The van der Waals surface area contributed by atoms with Gasteiger partial charge in [0.15, 0.2) is 0 Å². The number of hydrogen-bond acceptors (Lipinski definition) is 2. The van der Waals surface area contributed by atoms with Crippen molar-refractivity contribution in [3.8, 4) is 0 Å². The molecule has 0 aromatic heterocycles. The molecule has 0 aliphatic heterocycles. The van der Waals surface area contributed by atoms with E-state index in [0.717, 1.165) is 42.6 Å². The first-order chi connectivity index (χ1) is 15.7. The highest BCUT2D eigenvalue weighted by Crippen LogP contribution is 2.64. The third kappa shape index (κ3) is 7.68. The Balaban J connectivity index is 0.00000158. The van der Waals surface area contributed by atoms with Crippen molar-refractivity contribution >= 4 is 6.79 Å². The third-order valence-corrected chi connectivity index (χ3v) is 9.83. The Labute approximate surface area is 208 Å². The first-order valence-corrected chi connectivity index (χ1v) is 14.1. The first kappa shape index (κ1) is 32.4. The largest absolute Gasteiger partial charge is 0.400 e. The molecule has 0 heterocycles. The van der Waals surface area contributed by atoms with E-state index in [2.05, 4.69) is 48.1 Å². The molecule has 0 bridgehead atoms. The topological polar surface area (TPSA) is 37.3 Å². The van der Waals surface area contributed by atoms with Crippen LogP contribution in [0.1, 0.15) is 126 Å². The number of hydrogen-bond donors (Lipinski definition) is 1. The maximum atomic E-state index is 8.00. The fraction of sp³-hybridized carbons (Fsp3) is 0.903. The summed E-state index contributed by atoms with van der Waals surface area (Å²) in [6.45, 7) is 25.7. The van der Waals surface area contributed by atoms with Crippen LogP contribution in [0, 0.1) is 46.3 Å². The quantitative estimate of drug-likeness (QED) is 0.314. The average molecular weight is 465 g/mol. The normalized spacial score (nSPS) is 37.5. The second kappa shape index (κ2) is 15.4. The molecule has 0 amide bonds. The fourth-order valence-electron chi connectivity index (χ4n) is 7.85. The third-order valence-electron chi connectivity index (χ3n) is 9.83. The van der Waals surface area contributed by atoms with Crippen LogP contribution >= 0.6 is 0 Å². The van der Waals surface area contributed by atoms with Crippen molar-refractivity contribution < 1.29 is 9.90 Å². The highest BCUT2D eigenvalue weighted by molar-refractivity contribution is 5.17. The van der Waals surface area contributed by atoms with E-state index in [1.807, 2.05) is 20.6 Å². The Bertz CT molecular complexity index is 541. The molecular weight excluding hydrogens is 404 g/mol. The summed E-state index contributed by atoms with van der Waals surface area (Å²) in [5.74, 6) is 5.47. The number of carbonyl (C=O) groups is 1. The second-order valence-electron chi connectivity index (χ2n) is 11.9. The van der Waals surface area contributed by atoms with E-state index in [1.54, 1.807) is 5.57 Å². The zero-order valence-electron chi connectivity index (χ0n) is 24.0. The number of rotatable bonds is 6. The van der Waals surface area contributed by atoms with Crippen molar-refractivity contribution in [2.75, 3.05) is 7.11 Å². The van der Waals surface area contributed by atoms with E-state index in [4.69, 9.17) is 9.90 Å². The summed E-state index contributed by atoms with van der Waals surface area (Å²) < 4.78 is 0. The molecule has 3 saturated carbocycles. The number of aliphatic hydroxyl groups excluding tert-OH is 1. The van der Waals surface area contributed by atoms with E-state index in [-0.39, 0.29) is 0 Å². The monoisotopic (exact) mass is 464 g/mol. The summed E-state index contributed by atoms with van der Waals surface area (Å²) >= 11 is 0. The minimum atomic E-state index is 0.419. The number of allylic oxidation sites excluding steroid dienone is 1. The number of carbonyl (C=O) groups excluding carboxylic acids is 1. The van der Waals surface area contributed by atoms with Gasteiger partial charge in [-0.2, -0.15) is 0 Å². The Hall–Kier alpha value is -0.630. The van der Waals surface area contributed by atoms with Crippen molar-refractivity contribution in [1.82, 2.24) is 0 Å². The molecule has 7 unspecified atom stereocenters. The molecule has 3 aliphatic rings. The van der Waals surface area contributed by atoms with Gasteiger partial charge in [0.05, 0.1) is 0 Å². The molecule has 0 saturated heterocycles. The van der Waals surface area contributed by atoms with Gasteiger partial charge in [-0.1, -0.05) is 86.8 Å². The zero-order valence-corrected chi connectivity index (χ0v) is 24.0. The summed E-state index contributed by atoms with van der Waals surface area (Å²) in [5.41, 5.74) is 2.64. The van der Waals surface area contributed by atoms with Gasteiger partial charge in [-0.15, -0.1) is 0 Å². The van der Waals surface area contributed by atoms with Crippen LogP contribution in [0.2, 0.25) is 0 Å². The van der Waals surface area contributed by atoms with Gasteiger partial charge < -0.3 is 9.90 Å². The van der Waals surface area contributed by atoms with Gasteiger partial charge >= 0.3 is 0 Å². The lowest BCUT2D eigenvalue weighted by atomic mass is 9.50. The Kier molecular flexibility index (Phi) is 15.1. The van der Waals surface area contributed by atoms with E-state index >= 15 is 0 Å². The summed E-state index contributed by atoms with van der Waals surface area (Å²) in [5, 5.41) is 7.00. The lowest BCUT2D eigenvalue weighted by Crippen LogP contribution is -2.47. The molecule has 1 N–H and O–H groups in total. The van der Waals surface area contributed by atoms with E-state index in [9.17, 15) is 0 Å². The van der Waals surface area contributed by atoms with Gasteiger partial charge in [-0.05, 0) is 97.7 Å². The molecule has 33 heavy (non-hydrogen) atoms. The molecule has 0 radical (unpaired) electrons. The summed E-state index contributed by atoms with van der Waals surface area (Å²) in [7, 11) is 1.00. The summed E-state index contributed by atoms with van der Waals surface area (Å²) in [6.07, 6.45) is 15.9. The summed E-state index contributed by atoms with van der Waals surface area (Å²) in [4.78, 5) is 8.00. The maximum Gasteiger partial charge on any atom is 0.106 e. The van der Waals surface area contributed by atoms with Crippen molar-refractivity contribution in [3.05, 3.63) is 12.2 Å². The van der Waals surface area contributed by atoms with Gasteiger partial charge in [-0.3, -0.25) is 0 Å². The van der Waals surface area contributed by atoms with Gasteiger partial charge in [0.2, 0.25) is 0 Å². The SMILES string of the molecule is C=C1CC(C)CCC1(C)C1CCC2(C)C(CCCCC(C)C)CCC2C1C.C=O.CC.CO. The molecule has 3 fully saturated rings. The van der Waals surface area contributed by atoms with Gasteiger partial charge in [-0.25, -0.2) is 0 Å². The van der Waals surface area contributed by atoms with Gasteiger partial charge in [0, 0.05) is 7.11 Å². The molecule has 196 valence electrons. The first-order valence-electron chi connectivity index (χ1n) is 14.1. The fourth-order valence-corrected chi connectivity index (χ4v) is 7.85. The van der Waals surface area contributed by atoms with Gasteiger partial charge in [0.25, 0.3) is 0 Å². The average Bonchev–Trinajstić information content (AvgIpc) is 3.15. The Morgan fingerprint density at radius 1 is 0.939 bits per heavy atom. The van der Waals surface area contributed by atoms with Crippen LogP contribution in [-0.2, 0) is 4.79 Å². The molecule has 2 nitrogen and oxygen atoms in total. The standard InChI is InChI=1S/C27H48.C2H6.CH4O.CH2O/c1-19(2)10-8-9-11-23-12-13-24-22(5)25(15-17-27(23,24)7)26(6)16-14-20(3)18-21(26)4;3*1-2/h19-20,22-25H,4,8-18H2,1-3,5-7H3;1-2H3;2H,1H3;1H2. The van der Waals surface area contributed by atoms with Crippen LogP contribution in [0.5, 0.6) is 0 Å². The molecule has 3 aliphatic carbocycles. The molecule has 0 spiro atoms. The predicted octanol–water partition coefficient (Wildman–Crippen LogP) is 9.11. The van der Waals surface area contributed by atoms with Crippen LogP contribution in [0.3, 0.4) is 0 Å². The lowest BCUT2D eigenvalue weighted by molar-refractivity contribution is -0.0980. The predicted molar refractivity (Wildman–Crippen MR) is 146 cm³/mol. The highest BCUT2D eigenvalue weighted by atomic mass is 16.2. The van der Waals surface area contributed by atoms with Crippen molar-refractivity contribution in [2.24, 2.45) is 46.3 Å². The number of fused-ring (bicyclic) bond motifs is 1. The highest BCUT2D eigenvalue weighted by Gasteiger charge is 2.55. The molecule has 2 heteroatoms. The van der Waals surface area contributed by atoms with Crippen LogP contribution in [-0.4, -0.2) is 19.0 Å². The Morgan fingerprint density at radius 2 is 1.55 bits per heavy atom. The van der Waals surface area contributed by atoms with Crippen molar-refractivity contribution in [2.45, 2.75) is 126 Å². The number of aliphatic hydroxyl groups is 1. The van der Waals surface area contributed by atoms with Crippen LogP contribution in [0.4, 0.5) is 0 Å². The minimum Gasteiger partial charge on any atom is -0.400 e. The van der Waals surface area contributed by atoms with Crippen molar-refractivity contribution in [1.29, 1.82) is 0 Å². The molecular formula is C31H60O2. The smallest absolute Gasteiger partial charge is 0.106 e. The second-order valence-corrected chi connectivity index (χ2v) is 11.9. The zero-order chi connectivity index (χ0) is 25.8. The van der Waals surface area contributed by atoms with Crippen LogP contribution in [0.15, 0.2) is 12.2 Å². The molecule has 0 aromatic carbocycles. The number of unbranched alkanes of at least 4 members (excludes halogenated alkanes) is 1. The molecule has 3 rings (SSSR count). The summed E-state index contributed by atoms with van der Waals surface area (Å²) in [6, 6.07) is 0. The van der Waals surface area contributed by atoms with Crippen LogP contribution < -0.4 is 0 Å². The molecule has 7 atom stereocenters. The maximum absolute atomic E-state index is 8.00. The lowest BCUT2D eigenvalue weighted by Gasteiger charge is -2.55. The van der Waals surface area contributed by atoms with E-state index in [1.165, 1.54) is 70.6 Å². The van der Waals surface area contributed by atoms with E-state index < -0.39 is 0 Å². The Morgan fingerprint density at radius 3 is 2.09 bits per heavy atom. The minimum absolute atomic E-state index is 0.419. The molecule has 0 aromatic rings. The van der Waals surface area contributed by atoms with Gasteiger partial charge in [0.1, 0.15) is 6.79 Å². The van der Waals surface area contributed by atoms with Crippen molar-refractivity contribution in [3.63, 3.8) is 0 Å². The van der Waals surface area contributed by atoms with Crippen LogP contribution in [0.25, 0.3) is 0 Å². The van der Waals surface area contributed by atoms with E-state index in [0.29, 0.717) is 10.8 Å².